The van der Waals surface area contributed by atoms with Crippen molar-refractivity contribution >= 4 is 12.0 Å². The number of benzene rings is 1. The van der Waals surface area contributed by atoms with Crippen molar-refractivity contribution in [1.29, 1.82) is 0 Å². The van der Waals surface area contributed by atoms with Gasteiger partial charge in [-0.25, -0.2) is 4.79 Å². The van der Waals surface area contributed by atoms with Gasteiger partial charge >= 0.3 is 12.5 Å². The Balaban J connectivity index is 1.35. The van der Waals surface area contributed by atoms with Gasteiger partial charge in [-0.3, -0.25) is 4.79 Å². The van der Waals surface area contributed by atoms with Crippen LogP contribution in [-0.4, -0.2) is 48.5 Å². The number of aryl methyl sites for hydroxylation is 1. The van der Waals surface area contributed by atoms with Gasteiger partial charge in [-0.1, -0.05) is 19.1 Å². The second-order valence-corrected chi connectivity index (χ2v) is 8.82. The van der Waals surface area contributed by atoms with E-state index in [1.165, 1.54) is 6.07 Å². The van der Waals surface area contributed by atoms with Gasteiger partial charge in [-0.15, -0.1) is 13.2 Å². The standard InChI is InChI=1S/C21H25F3N2O4/c1-12-7-14(3-4-17(12)30-21(22,23)24)16-5-6-26(10-13(16)2)18(27)15-8-20(9-15)11-29-19(28)25-20/h3-4,7,13,15-16H,5-6,8-11H2,1-2H3,(H,25,28)/t13-,15?,16+,20?/m0/s1. The molecule has 2 aliphatic heterocycles. The molecule has 2 heterocycles. The largest absolute Gasteiger partial charge is 0.573 e. The third-order valence-electron chi connectivity index (χ3n) is 6.54. The maximum Gasteiger partial charge on any atom is 0.573 e. The predicted octanol–water partition coefficient (Wildman–Crippen LogP) is 3.73. The van der Waals surface area contributed by atoms with E-state index in [2.05, 4.69) is 17.0 Å². The zero-order valence-corrected chi connectivity index (χ0v) is 16.9. The third kappa shape index (κ3) is 4.06. The summed E-state index contributed by atoms with van der Waals surface area (Å²) < 4.78 is 46.5. The van der Waals surface area contributed by atoms with Gasteiger partial charge in [0.05, 0.1) is 5.54 Å². The van der Waals surface area contributed by atoms with E-state index < -0.39 is 12.5 Å². The molecule has 164 valence electrons. The van der Waals surface area contributed by atoms with E-state index in [0.717, 1.165) is 12.0 Å². The molecule has 1 aromatic rings. The monoisotopic (exact) mass is 426 g/mol. The highest BCUT2D eigenvalue weighted by atomic mass is 19.4. The fraction of sp³-hybridized carbons (Fsp3) is 0.619. The van der Waals surface area contributed by atoms with Crippen LogP contribution in [0.1, 0.15) is 43.2 Å². The van der Waals surface area contributed by atoms with Crippen LogP contribution in [-0.2, 0) is 9.53 Å². The molecule has 0 unspecified atom stereocenters. The molecule has 1 N–H and O–H groups in total. The summed E-state index contributed by atoms with van der Waals surface area (Å²) in [7, 11) is 0. The van der Waals surface area contributed by atoms with Crippen LogP contribution in [0.15, 0.2) is 18.2 Å². The first-order chi connectivity index (χ1) is 14.1. The minimum atomic E-state index is -4.71. The molecule has 2 atom stereocenters. The van der Waals surface area contributed by atoms with Gasteiger partial charge in [-0.2, -0.15) is 0 Å². The first-order valence-electron chi connectivity index (χ1n) is 10.2. The van der Waals surface area contributed by atoms with E-state index in [9.17, 15) is 22.8 Å². The predicted molar refractivity (Wildman–Crippen MR) is 101 cm³/mol. The van der Waals surface area contributed by atoms with Crippen LogP contribution in [0.4, 0.5) is 18.0 Å². The highest BCUT2D eigenvalue weighted by Gasteiger charge is 2.53. The number of hydrogen-bond acceptors (Lipinski definition) is 4. The van der Waals surface area contributed by atoms with Crippen LogP contribution < -0.4 is 10.1 Å². The fourth-order valence-corrected chi connectivity index (χ4v) is 5.01. The molecular weight excluding hydrogens is 401 g/mol. The van der Waals surface area contributed by atoms with Crippen molar-refractivity contribution in [2.24, 2.45) is 11.8 Å². The van der Waals surface area contributed by atoms with E-state index >= 15 is 0 Å². The SMILES string of the molecule is Cc1cc([C@@H]2CCN(C(=O)C3CC4(COC(=O)N4)C3)C[C@@H]2C)ccc1OC(F)(F)F. The number of hydrogen-bond donors (Lipinski definition) is 1. The summed E-state index contributed by atoms with van der Waals surface area (Å²) in [4.78, 5) is 26.0. The smallest absolute Gasteiger partial charge is 0.447 e. The minimum Gasteiger partial charge on any atom is -0.447 e. The van der Waals surface area contributed by atoms with Gasteiger partial charge in [-0.05, 0) is 55.2 Å². The van der Waals surface area contributed by atoms with Crippen LogP contribution in [0.3, 0.4) is 0 Å². The highest BCUT2D eigenvalue weighted by molar-refractivity contribution is 5.81. The van der Waals surface area contributed by atoms with Crippen molar-refractivity contribution in [3.63, 3.8) is 0 Å². The topological polar surface area (TPSA) is 67.9 Å². The number of amides is 2. The Kier molecular flexibility index (Phi) is 5.10. The average Bonchev–Trinajstić information content (AvgIpc) is 3.03. The van der Waals surface area contributed by atoms with E-state index in [4.69, 9.17) is 4.74 Å². The minimum absolute atomic E-state index is 0.100. The van der Waals surface area contributed by atoms with Crippen molar-refractivity contribution in [2.45, 2.75) is 50.9 Å². The van der Waals surface area contributed by atoms with Crippen molar-refractivity contribution in [3.8, 4) is 5.75 Å². The number of ether oxygens (including phenoxy) is 2. The lowest BCUT2D eigenvalue weighted by molar-refractivity contribution is -0.274. The lowest BCUT2D eigenvalue weighted by atomic mass is 9.68. The van der Waals surface area contributed by atoms with E-state index in [0.29, 0.717) is 38.1 Å². The first-order valence-corrected chi connectivity index (χ1v) is 10.2. The van der Waals surface area contributed by atoms with Gasteiger partial charge in [0.2, 0.25) is 5.91 Å². The van der Waals surface area contributed by atoms with Crippen LogP contribution in [0.25, 0.3) is 0 Å². The van der Waals surface area contributed by atoms with E-state index in [-0.39, 0.29) is 34.9 Å². The number of halogens is 3. The number of piperidine rings is 1. The molecule has 0 radical (unpaired) electrons. The molecule has 2 saturated heterocycles. The number of nitrogens with zero attached hydrogens (tertiary/aromatic N) is 1. The Morgan fingerprint density at radius 3 is 2.63 bits per heavy atom. The normalized spacial score (nSPS) is 31.2. The molecular formula is C21H25F3N2O4. The van der Waals surface area contributed by atoms with E-state index in [1.807, 2.05) is 4.90 Å². The quantitative estimate of drug-likeness (QED) is 0.800. The number of carbonyl (C=O) groups excluding carboxylic acids is 2. The Morgan fingerprint density at radius 1 is 1.33 bits per heavy atom. The molecule has 1 aliphatic carbocycles. The fourth-order valence-electron chi connectivity index (χ4n) is 5.01. The van der Waals surface area contributed by atoms with Crippen LogP contribution in [0.5, 0.6) is 5.75 Å². The lowest BCUT2D eigenvalue weighted by Gasteiger charge is -2.46. The molecule has 0 aromatic heterocycles. The van der Waals surface area contributed by atoms with E-state index in [1.54, 1.807) is 19.1 Å². The number of cyclic esters (lactones) is 1. The van der Waals surface area contributed by atoms with Crippen LogP contribution in [0.2, 0.25) is 0 Å². The summed E-state index contributed by atoms with van der Waals surface area (Å²) in [5.41, 5.74) is 1.03. The molecule has 1 aromatic carbocycles. The zero-order chi connectivity index (χ0) is 21.7. The lowest BCUT2D eigenvalue weighted by Crippen LogP contribution is -2.59. The summed E-state index contributed by atoms with van der Waals surface area (Å²) in [5, 5.41) is 2.80. The van der Waals surface area contributed by atoms with Gasteiger partial charge in [0.25, 0.3) is 0 Å². The average molecular weight is 426 g/mol. The maximum atomic E-state index is 12.9. The first kappa shape index (κ1) is 20.8. The number of alkyl carbamates (subject to hydrolysis) is 1. The molecule has 4 rings (SSSR count). The highest BCUT2D eigenvalue weighted by Crippen LogP contribution is 2.43. The molecule has 1 saturated carbocycles. The van der Waals surface area contributed by atoms with Gasteiger partial charge in [0, 0.05) is 19.0 Å². The summed E-state index contributed by atoms with van der Waals surface area (Å²) in [6.07, 6.45) is -3.17. The molecule has 9 heteroatoms. The zero-order valence-electron chi connectivity index (χ0n) is 16.9. The molecule has 30 heavy (non-hydrogen) atoms. The molecule has 3 aliphatic rings. The Morgan fingerprint density at radius 2 is 2.07 bits per heavy atom. The summed E-state index contributed by atoms with van der Waals surface area (Å²) >= 11 is 0. The summed E-state index contributed by atoms with van der Waals surface area (Å²) in [5.74, 6) is 0.172. The number of likely N-dealkylation sites (tertiary alicyclic amines) is 1. The molecule has 6 nitrogen and oxygen atoms in total. The van der Waals surface area contributed by atoms with Crippen LogP contribution >= 0.6 is 0 Å². The van der Waals surface area contributed by atoms with Crippen molar-refractivity contribution in [3.05, 3.63) is 29.3 Å². The van der Waals surface area contributed by atoms with Crippen molar-refractivity contribution in [2.75, 3.05) is 19.7 Å². The molecule has 3 fully saturated rings. The second-order valence-electron chi connectivity index (χ2n) is 8.82. The molecule has 1 spiro atoms. The van der Waals surface area contributed by atoms with Crippen LogP contribution in [0, 0.1) is 18.8 Å². The number of alkyl halides is 3. The summed E-state index contributed by atoms with van der Waals surface area (Å²) in [6.45, 7) is 5.20. The van der Waals surface area contributed by atoms with Crippen molar-refractivity contribution in [1.82, 2.24) is 10.2 Å². The molecule has 0 bridgehead atoms. The number of carbonyl (C=O) groups is 2. The Labute approximate surface area is 172 Å². The number of rotatable bonds is 3. The second kappa shape index (κ2) is 7.35. The van der Waals surface area contributed by atoms with Gasteiger partial charge < -0.3 is 19.7 Å². The Bertz CT molecular complexity index is 851. The Hall–Kier alpha value is -2.45. The third-order valence-corrected chi connectivity index (χ3v) is 6.54. The molecule has 2 amide bonds. The van der Waals surface area contributed by atoms with Gasteiger partial charge in [0.1, 0.15) is 12.4 Å². The maximum absolute atomic E-state index is 12.9. The number of nitrogens with one attached hydrogen (secondary N) is 1. The van der Waals surface area contributed by atoms with Crippen molar-refractivity contribution < 1.29 is 32.2 Å². The summed E-state index contributed by atoms with van der Waals surface area (Å²) in [6, 6.07) is 4.80. The van der Waals surface area contributed by atoms with Gasteiger partial charge in [0.15, 0.2) is 0 Å².